The number of nitrogens with zero attached hydrogens (tertiary/aromatic N) is 1. The van der Waals surface area contributed by atoms with Crippen LogP contribution in [0.2, 0.25) is 0 Å². The molecule has 0 heterocycles. The van der Waals surface area contributed by atoms with Gasteiger partial charge in [-0.1, -0.05) is 20.3 Å². The van der Waals surface area contributed by atoms with E-state index in [1.165, 1.54) is 0 Å². The fourth-order valence-electron chi connectivity index (χ4n) is 0.728. The molecule has 0 saturated carbocycles. The molecular weight excluding hydrogens is 154 g/mol. The maximum Gasteiger partial charge on any atom is 0.323 e. The number of carbonyl (C=O) groups excluding carboxylic acids is 1. The number of hydrogen-bond acceptors (Lipinski definition) is 3. The number of ether oxygens (including phenoxy) is 1. The minimum absolute atomic E-state index is 0.381. The lowest BCUT2D eigenvalue weighted by molar-refractivity contribution is -0.146. The Kier molecular flexibility index (Phi) is 6.08. The molecule has 0 aromatic rings. The molecule has 0 aromatic carbocycles. The maximum absolute atomic E-state index is 11.0. The first-order chi connectivity index (χ1) is 5.76. The number of hydrogen-bond donors (Lipinski definition) is 0. The van der Waals surface area contributed by atoms with Crippen LogP contribution in [-0.4, -0.2) is 12.6 Å². The van der Waals surface area contributed by atoms with Gasteiger partial charge in [0, 0.05) is 0 Å². The summed E-state index contributed by atoms with van der Waals surface area (Å²) in [4.78, 5) is 11.0. The zero-order valence-corrected chi connectivity index (χ0v) is 7.67. The molecule has 0 fully saturated rings. The molecule has 12 heavy (non-hydrogen) atoms. The monoisotopic (exact) mass is 169 g/mol. The number of carbonyl (C=O) groups is 1. The minimum atomic E-state index is -0.582. The average Bonchev–Trinajstić information content (AvgIpc) is 2.07. The summed E-state index contributed by atoms with van der Waals surface area (Å²) in [6.07, 6.45) is 2.39. The summed E-state index contributed by atoms with van der Waals surface area (Å²) in [6.45, 7) is 4.26. The molecule has 0 spiro atoms. The van der Waals surface area contributed by atoms with Crippen molar-refractivity contribution >= 4 is 5.97 Å². The van der Waals surface area contributed by atoms with Gasteiger partial charge < -0.3 is 4.74 Å². The number of esters is 1. The van der Waals surface area contributed by atoms with Crippen molar-refractivity contribution in [1.29, 1.82) is 5.26 Å². The molecule has 0 amide bonds. The molecule has 3 nitrogen and oxygen atoms in total. The van der Waals surface area contributed by atoms with Gasteiger partial charge >= 0.3 is 5.97 Å². The molecule has 0 radical (unpaired) electrons. The minimum Gasteiger partial charge on any atom is -0.465 e. The van der Waals surface area contributed by atoms with Crippen LogP contribution < -0.4 is 0 Å². The Hall–Kier alpha value is -1.04. The van der Waals surface area contributed by atoms with E-state index in [9.17, 15) is 4.79 Å². The van der Waals surface area contributed by atoms with Crippen LogP contribution in [0.3, 0.4) is 0 Å². The summed E-state index contributed by atoms with van der Waals surface area (Å²) < 4.78 is 4.86. The molecule has 0 aromatic heterocycles. The summed E-state index contributed by atoms with van der Waals surface area (Å²) in [7, 11) is 0. The fraction of sp³-hybridized carbons (Fsp3) is 0.778. The Bertz CT molecular complexity index is 172. The summed E-state index contributed by atoms with van der Waals surface area (Å²) in [5, 5.41) is 8.50. The van der Waals surface area contributed by atoms with Gasteiger partial charge in [0.05, 0.1) is 12.7 Å². The van der Waals surface area contributed by atoms with Gasteiger partial charge in [0.15, 0.2) is 0 Å². The molecule has 0 N–H and O–H groups in total. The van der Waals surface area contributed by atoms with Crippen molar-refractivity contribution in [3.63, 3.8) is 0 Å². The summed E-state index contributed by atoms with van der Waals surface area (Å²) in [6, 6.07) is 1.90. The second-order valence-corrected chi connectivity index (χ2v) is 2.61. The predicted molar refractivity (Wildman–Crippen MR) is 45.3 cm³/mol. The first kappa shape index (κ1) is 11.0. The highest BCUT2D eigenvalue weighted by Gasteiger charge is 2.16. The number of nitriles is 1. The van der Waals surface area contributed by atoms with Crippen LogP contribution in [0.15, 0.2) is 0 Å². The zero-order chi connectivity index (χ0) is 9.40. The van der Waals surface area contributed by atoms with E-state index in [2.05, 4.69) is 0 Å². The molecule has 1 atom stereocenters. The Morgan fingerprint density at radius 3 is 2.67 bits per heavy atom. The van der Waals surface area contributed by atoms with Gasteiger partial charge in [-0.15, -0.1) is 0 Å². The van der Waals surface area contributed by atoms with Crippen molar-refractivity contribution in [2.75, 3.05) is 6.61 Å². The van der Waals surface area contributed by atoms with E-state index in [1.807, 2.05) is 13.0 Å². The van der Waals surface area contributed by atoms with E-state index in [-0.39, 0.29) is 5.97 Å². The SMILES string of the molecule is CCCCOC(=O)C(C#N)CC. The third-order valence-electron chi connectivity index (χ3n) is 1.59. The highest BCUT2D eigenvalue weighted by Crippen LogP contribution is 2.03. The Morgan fingerprint density at radius 1 is 1.58 bits per heavy atom. The topological polar surface area (TPSA) is 50.1 Å². The van der Waals surface area contributed by atoms with Crippen LogP contribution in [0, 0.1) is 17.2 Å². The first-order valence-corrected chi connectivity index (χ1v) is 4.32. The van der Waals surface area contributed by atoms with Crippen LogP contribution in [0.5, 0.6) is 0 Å². The van der Waals surface area contributed by atoms with Crippen molar-refractivity contribution in [2.45, 2.75) is 33.1 Å². The Balaban J connectivity index is 3.64. The van der Waals surface area contributed by atoms with E-state index in [0.717, 1.165) is 12.8 Å². The van der Waals surface area contributed by atoms with Crippen molar-refractivity contribution in [1.82, 2.24) is 0 Å². The Morgan fingerprint density at radius 2 is 2.25 bits per heavy atom. The van der Waals surface area contributed by atoms with E-state index in [4.69, 9.17) is 10.00 Å². The largest absolute Gasteiger partial charge is 0.465 e. The highest BCUT2D eigenvalue weighted by molar-refractivity contribution is 5.75. The smallest absolute Gasteiger partial charge is 0.323 e. The molecular formula is C9H15NO2. The first-order valence-electron chi connectivity index (χ1n) is 4.32. The molecule has 0 aliphatic rings. The molecule has 0 aliphatic heterocycles. The standard InChI is InChI=1S/C9H15NO2/c1-3-5-6-12-9(11)8(4-2)7-10/h8H,3-6H2,1-2H3. The third-order valence-corrected chi connectivity index (χ3v) is 1.59. The van der Waals surface area contributed by atoms with Gasteiger partial charge in [-0.3, -0.25) is 4.79 Å². The van der Waals surface area contributed by atoms with Gasteiger partial charge in [0.25, 0.3) is 0 Å². The zero-order valence-electron chi connectivity index (χ0n) is 7.67. The molecule has 0 rings (SSSR count). The van der Waals surface area contributed by atoms with Crippen molar-refractivity contribution in [3.8, 4) is 6.07 Å². The van der Waals surface area contributed by atoms with Crippen LogP contribution >= 0.6 is 0 Å². The molecule has 0 saturated heterocycles. The highest BCUT2D eigenvalue weighted by atomic mass is 16.5. The second kappa shape index (κ2) is 6.66. The van der Waals surface area contributed by atoms with Crippen LogP contribution in [0.25, 0.3) is 0 Å². The molecule has 1 unspecified atom stereocenters. The van der Waals surface area contributed by atoms with E-state index >= 15 is 0 Å². The molecule has 3 heteroatoms. The lowest BCUT2D eigenvalue weighted by atomic mass is 10.1. The molecule has 0 bridgehead atoms. The predicted octanol–water partition coefficient (Wildman–Crippen LogP) is 1.88. The maximum atomic E-state index is 11.0. The molecule has 0 aliphatic carbocycles. The van der Waals surface area contributed by atoms with Gasteiger partial charge in [0.1, 0.15) is 5.92 Å². The summed E-state index contributed by atoms with van der Waals surface area (Å²) in [5.74, 6) is -0.963. The Labute approximate surface area is 73.3 Å². The quantitative estimate of drug-likeness (QED) is 0.466. The normalized spacial score (nSPS) is 11.8. The third kappa shape index (κ3) is 3.97. The number of unbranched alkanes of at least 4 members (excludes halogenated alkanes) is 1. The number of rotatable bonds is 5. The summed E-state index contributed by atoms with van der Waals surface area (Å²) in [5.41, 5.74) is 0. The van der Waals surface area contributed by atoms with Gasteiger partial charge in [0.2, 0.25) is 0 Å². The van der Waals surface area contributed by atoms with E-state index in [0.29, 0.717) is 13.0 Å². The van der Waals surface area contributed by atoms with Crippen LogP contribution in [0.4, 0.5) is 0 Å². The van der Waals surface area contributed by atoms with Crippen LogP contribution in [-0.2, 0) is 9.53 Å². The van der Waals surface area contributed by atoms with Crippen LogP contribution in [0.1, 0.15) is 33.1 Å². The summed E-state index contributed by atoms with van der Waals surface area (Å²) >= 11 is 0. The van der Waals surface area contributed by atoms with Gasteiger partial charge in [-0.05, 0) is 12.8 Å². The van der Waals surface area contributed by atoms with E-state index in [1.54, 1.807) is 6.92 Å². The van der Waals surface area contributed by atoms with Crippen molar-refractivity contribution < 1.29 is 9.53 Å². The lowest BCUT2D eigenvalue weighted by Crippen LogP contribution is -2.15. The second-order valence-electron chi connectivity index (χ2n) is 2.61. The van der Waals surface area contributed by atoms with Gasteiger partial charge in [-0.25, -0.2) is 0 Å². The average molecular weight is 169 g/mol. The van der Waals surface area contributed by atoms with Crippen molar-refractivity contribution in [3.05, 3.63) is 0 Å². The van der Waals surface area contributed by atoms with Crippen molar-refractivity contribution in [2.24, 2.45) is 5.92 Å². The lowest BCUT2D eigenvalue weighted by Gasteiger charge is -2.05. The van der Waals surface area contributed by atoms with E-state index < -0.39 is 5.92 Å². The molecule has 68 valence electrons. The van der Waals surface area contributed by atoms with Gasteiger partial charge in [-0.2, -0.15) is 5.26 Å². The fourth-order valence-corrected chi connectivity index (χ4v) is 0.728.